The van der Waals surface area contributed by atoms with Gasteiger partial charge >= 0.3 is 11.9 Å². The number of carbonyl (C=O) groups is 2. The van der Waals surface area contributed by atoms with E-state index in [2.05, 4.69) is 6.58 Å². The van der Waals surface area contributed by atoms with Crippen LogP contribution < -0.4 is 9.47 Å². The second-order valence-electron chi connectivity index (χ2n) is 5.73. The molecule has 0 spiro atoms. The Balaban J connectivity index is 3.03. The van der Waals surface area contributed by atoms with Crippen LogP contribution in [0.15, 0.2) is 30.9 Å². The quantitative estimate of drug-likeness (QED) is 0.436. The number of hydrogen-bond donors (Lipinski definition) is 0. The number of benzene rings is 1. The summed E-state index contributed by atoms with van der Waals surface area (Å²) in [5, 5.41) is 0. The van der Waals surface area contributed by atoms with Gasteiger partial charge in [0.15, 0.2) is 11.5 Å². The molecule has 0 fully saturated rings. The summed E-state index contributed by atoms with van der Waals surface area (Å²) in [6, 6.07) is 5.00. The average molecular weight is 320 g/mol. The molecule has 1 atom stereocenters. The van der Waals surface area contributed by atoms with E-state index in [0.29, 0.717) is 17.1 Å². The fourth-order valence-corrected chi connectivity index (χ4v) is 1.69. The molecule has 0 aliphatic rings. The predicted molar refractivity (Wildman–Crippen MR) is 87.3 cm³/mol. The number of rotatable bonds is 7. The molecule has 0 bridgehead atoms. The lowest BCUT2D eigenvalue weighted by Crippen LogP contribution is -2.16. The van der Waals surface area contributed by atoms with Gasteiger partial charge in [-0.15, -0.1) is 0 Å². The molecular formula is C18H24O5. The Kier molecular flexibility index (Phi) is 6.82. The van der Waals surface area contributed by atoms with Gasteiger partial charge in [0.05, 0.1) is 18.9 Å². The molecule has 5 heteroatoms. The summed E-state index contributed by atoms with van der Waals surface area (Å²) in [4.78, 5) is 23.5. The maximum Gasteiger partial charge on any atom is 0.313 e. The van der Waals surface area contributed by atoms with Crippen LogP contribution in [0, 0.1) is 11.8 Å². The molecule has 0 aromatic heterocycles. The molecule has 0 saturated carbocycles. The highest BCUT2D eigenvalue weighted by atomic mass is 16.6. The number of carbonyl (C=O) groups excluding carboxylic acids is 2. The third-order valence-corrected chi connectivity index (χ3v) is 3.13. The summed E-state index contributed by atoms with van der Waals surface area (Å²) in [6.07, 6.45) is 0.947. The topological polar surface area (TPSA) is 61.8 Å². The molecule has 1 unspecified atom stereocenters. The van der Waals surface area contributed by atoms with Crippen molar-refractivity contribution >= 4 is 11.9 Å². The monoisotopic (exact) mass is 320 g/mol. The summed E-state index contributed by atoms with van der Waals surface area (Å²) in [5.74, 6) is -0.415. The first-order chi connectivity index (χ1) is 10.8. The van der Waals surface area contributed by atoms with Crippen LogP contribution in [0.5, 0.6) is 11.5 Å². The van der Waals surface area contributed by atoms with Gasteiger partial charge in [-0.05, 0) is 18.2 Å². The molecule has 0 radical (unpaired) electrons. The Morgan fingerprint density at radius 2 is 1.65 bits per heavy atom. The van der Waals surface area contributed by atoms with E-state index in [1.165, 1.54) is 13.2 Å². The first-order valence-corrected chi connectivity index (χ1v) is 7.52. The van der Waals surface area contributed by atoms with E-state index in [1.807, 2.05) is 0 Å². The van der Waals surface area contributed by atoms with Crippen molar-refractivity contribution in [3.05, 3.63) is 36.4 Å². The zero-order chi connectivity index (χ0) is 17.6. The molecule has 0 aliphatic carbocycles. The Bertz CT molecular complexity index is 575. The minimum absolute atomic E-state index is 0.231. The van der Waals surface area contributed by atoms with E-state index in [9.17, 15) is 9.59 Å². The van der Waals surface area contributed by atoms with Crippen molar-refractivity contribution in [3.8, 4) is 11.5 Å². The first-order valence-electron chi connectivity index (χ1n) is 7.52. The lowest BCUT2D eigenvalue weighted by molar-refractivity contribution is -0.151. The molecule has 23 heavy (non-hydrogen) atoms. The van der Waals surface area contributed by atoms with Crippen molar-refractivity contribution in [2.75, 3.05) is 7.11 Å². The Morgan fingerprint density at radius 1 is 1.04 bits per heavy atom. The van der Waals surface area contributed by atoms with Crippen LogP contribution >= 0.6 is 0 Å². The van der Waals surface area contributed by atoms with Gasteiger partial charge in [-0.2, -0.15) is 0 Å². The second-order valence-corrected chi connectivity index (χ2v) is 5.73. The molecule has 5 nitrogen and oxygen atoms in total. The molecule has 1 aromatic carbocycles. The number of methoxy groups -OCH3 is 1. The van der Waals surface area contributed by atoms with Gasteiger partial charge in [0.25, 0.3) is 0 Å². The number of hydrogen-bond acceptors (Lipinski definition) is 5. The van der Waals surface area contributed by atoms with Crippen LogP contribution in [0.25, 0.3) is 0 Å². The summed E-state index contributed by atoms with van der Waals surface area (Å²) in [6.45, 7) is 10.7. The fourth-order valence-electron chi connectivity index (χ4n) is 1.69. The zero-order valence-electron chi connectivity index (χ0n) is 14.3. The van der Waals surface area contributed by atoms with Crippen LogP contribution in [-0.2, 0) is 14.3 Å². The summed E-state index contributed by atoms with van der Waals surface area (Å²) >= 11 is 0. The highest BCUT2D eigenvalue weighted by Gasteiger charge is 2.19. The lowest BCUT2D eigenvalue weighted by Gasteiger charge is -2.18. The van der Waals surface area contributed by atoms with Gasteiger partial charge in [-0.3, -0.25) is 9.59 Å². The van der Waals surface area contributed by atoms with Crippen LogP contribution in [0.4, 0.5) is 0 Å². The molecule has 1 aromatic rings. The maximum absolute atomic E-state index is 11.8. The van der Waals surface area contributed by atoms with E-state index in [4.69, 9.17) is 14.2 Å². The molecule has 1 rings (SSSR count). The van der Waals surface area contributed by atoms with E-state index in [-0.39, 0.29) is 23.8 Å². The smallest absolute Gasteiger partial charge is 0.313 e. The molecule has 0 amide bonds. The zero-order valence-corrected chi connectivity index (χ0v) is 14.3. The summed E-state index contributed by atoms with van der Waals surface area (Å²) in [5.41, 5.74) is 0.690. The van der Waals surface area contributed by atoms with Crippen molar-refractivity contribution in [1.82, 2.24) is 0 Å². The minimum atomic E-state index is -0.589. The van der Waals surface area contributed by atoms with E-state index in [0.717, 1.165) is 0 Å². The van der Waals surface area contributed by atoms with Crippen molar-refractivity contribution in [2.24, 2.45) is 11.8 Å². The van der Waals surface area contributed by atoms with Crippen LogP contribution in [0.3, 0.4) is 0 Å². The third kappa shape index (κ3) is 5.13. The Labute approximate surface area is 137 Å². The van der Waals surface area contributed by atoms with Gasteiger partial charge in [0.2, 0.25) is 0 Å². The van der Waals surface area contributed by atoms with Crippen LogP contribution in [0.1, 0.15) is 39.4 Å². The average Bonchev–Trinajstić information content (AvgIpc) is 2.52. The van der Waals surface area contributed by atoms with Gasteiger partial charge in [-0.25, -0.2) is 0 Å². The molecule has 126 valence electrons. The van der Waals surface area contributed by atoms with Gasteiger partial charge < -0.3 is 14.2 Å². The van der Waals surface area contributed by atoms with E-state index >= 15 is 0 Å². The Morgan fingerprint density at radius 3 is 2.13 bits per heavy atom. The van der Waals surface area contributed by atoms with Crippen molar-refractivity contribution < 1.29 is 23.8 Å². The Hall–Kier alpha value is -2.30. The molecule has 0 heterocycles. The van der Waals surface area contributed by atoms with Crippen molar-refractivity contribution in [1.29, 1.82) is 0 Å². The maximum atomic E-state index is 11.8. The fraction of sp³-hybridized carbons (Fsp3) is 0.444. The highest BCUT2D eigenvalue weighted by Crippen LogP contribution is 2.32. The van der Waals surface area contributed by atoms with E-state index in [1.54, 1.807) is 45.9 Å². The van der Waals surface area contributed by atoms with Crippen LogP contribution in [-0.4, -0.2) is 19.0 Å². The predicted octanol–water partition coefficient (Wildman–Crippen LogP) is 3.68. The van der Waals surface area contributed by atoms with Crippen molar-refractivity contribution in [3.63, 3.8) is 0 Å². The summed E-state index contributed by atoms with van der Waals surface area (Å²) < 4.78 is 15.9. The van der Waals surface area contributed by atoms with E-state index < -0.39 is 6.10 Å². The van der Waals surface area contributed by atoms with Gasteiger partial charge in [-0.1, -0.05) is 40.3 Å². The molecular weight excluding hydrogens is 296 g/mol. The SMILES string of the molecule is C=CC(OC(=O)C(C)C)c1ccc(OC(=O)C(C)C)c(OC)c1. The minimum Gasteiger partial charge on any atom is -0.493 e. The van der Waals surface area contributed by atoms with Gasteiger partial charge in [0, 0.05) is 5.56 Å². The molecule has 0 saturated heterocycles. The van der Waals surface area contributed by atoms with Crippen LogP contribution in [0.2, 0.25) is 0 Å². The molecule has 0 aliphatic heterocycles. The first kappa shape index (κ1) is 18.7. The van der Waals surface area contributed by atoms with Crippen molar-refractivity contribution in [2.45, 2.75) is 33.8 Å². The summed E-state index contributed by atoms with van der Waals surface area (Å²) in [7, 11) is 1.48. The largest absolute Gasteiger partial charge is 0.493 e. The lowest BCUT2D eigenvalue weighted by atomic mass is 10.1. The second kappa shape index (κ2) is 8.36. The highest BCUT2D eigenvalue weighted by molar-refractivity contribution is 5.75. The third-order valence-electron chi connectivity index (χ3n) is 3.13. The molecule has 0 N–H and O–H groups in total. The van der Waals surface area contributed by atoms with Gasteiger partial charge in [0.1, 0.15) is 6.10 Å². The number of esters is 2. The standard InChI is InChI=1S/C18H24O5/c1-7-14(22-17(19)11(2)3)13-8-9-15(16(10-13)21-6)23-18(20)12(4)5/h7-12,14H,1H2,2-6H3. The number of ether oxygens (including phenoxy) is 3. The normalized spacial score (nSPS) is 12.0.